The van der Waals surface area contributed by atoms with Crippen LogP contribution in [0.15, 0.2) is 0 Å². The zero-order valence-electron chi connectivity index (χ0n) is 8.81. The maximum Gasteiger partial charge on any atom is 0.267 e. The van der Waals surface area contributed by atoms with Crippen LogP contribution >= 0.6 is 0 Å². The number of rotatable bonds is 7. The second-order valence-electron chi connectivity index (χ2n) is 3.70. The van der Waals surface area contributed by atoms with Gasteiger partial charge in [-0.05, 0) is 32.6 Å². The van der Waals surface area contributed by atoms with Gasteiger partial charge in [-0.3, -0.25) is 4.55 Å². The quantitative estimate of drug-likeness (QED) is 0.644. The van der Waals surface area contributed by atoms with Gasteiger partial charge in [0.1, 0.15) is 0 Å². The molecule has 2 atom stereocenters. The molecule has 0 bridgehead atoms. The van der Waals surface area contributed by atoms with Crippen molar-refractivity contribution in [2.45, 2.75) is 57.3 Å². The Hall–Kier alpha value is -0.130. The summed E-state index contributed by atoms with van der Waals surface area (Å²) in [6.45, 7) is 3.46. The third-order valence-electron chi connectivity index (χ3n) is 2.28. The molecule has 2 unspecified atom stereocenters. The molecule has 0 heterocycles. The largest absolute Gasteiger partial charge is 0.393 e. The lowest BCUT2D eigenvalue weighted by Gasteiger charge is -2.10. The van der Waals surface area contributed by atoms with Crippen LogP contribution in [-0.2, 0) is 10.1 Å². The molecule has 0 amide bonds. The zero-order valence-corrected chi connectivity index (χ0v) is 9.63. The van der Waals surface area contributed by atoms with Crippen molar-refractivity contribution in [2.75, 3.05) is 0 Å². The van der Waals surface area contributed by atoms with Crippen molar-refractivity contribution in [2.24, 2.45) is 0 Å². The van der Waals surface area contributed by atoms with Crippen molar-refractivity contribution in [3.8, 4) is 0 Å². The molecular formula is C9H20O4S. The molecule has 2 N–H and O–H groups in total. The van der Waals surface area contributed by atoms with Gasteiger partial charge >= 0.3 is 0 Å². The Bertz CT molecular complexity index is 235. The van der Waals surface area contributed by atoms with Crippen molar-refractivity contribution >= 4 is 10.1 Å². The van der Waals surface area contributed by atoms with E-state index in [1.54, 1.807) is 0 Å². The minimum atomic E-state index is -3.89. The van der Waals surface area contributed by atoms with Gasteiger partial charge in [0.05, 0.1) is 11.4 Å². The lowest BCUT2D eigenvalue weighted by atomic mass is 10.1. The van der Waals surface area contributed by atoms with Crippen molar-refractivity contribution in [1.29, 1.82) is 0 Å². The van der Waals surface area contributed by atoms with Gasteiger partial charge in [-0.2, -0.15) is 8.42 Å². The average molecular weight is 224 g/mol. The highest BCUT2D eigenvalue weighted by Gasteiger charge is 2.16. The summed E-state index contributed by atoms with van der Waals surface area (Å²) >= 11 is 0. The van der Waals surface area contributed by atoms with Crippen LogP contribution in [-0.4, -0.2) is 29.4 Å². The normalized spacial score (nSPS) is 16.6. The molecule has 86 valence electrons. The highest BCUT2D eigenvalue weighted by molar-refractivity contribution is 7.86. The van der Waals surface area contributed by atoms with Gasteiger partial charge in [-0.15, -0.1) is 0 Å². The molecule has 0 aliphatic carbocycles. The van der Waals surface area contributed by atoms with Crippen LogP contribution in [0.25, 0.3) is 0 Å². The van der Waals surface area contributed by atoms with Crippen molar-refractivity contribution in [1.82, 2.24) is 0 Å². The van der Waals surface area contributed by atoms with Crippen molar-refractivity contribution in [3.05, 3.63) is 0 Å². The van der Waals surface area contributed by atoms with Gasteiger partial charge in [0.2, 0.25) is 0 Å². The molecule has 0 saturated heterocycles. The van der Waals surface area contributed by atoms with Gasteiger partial charge < -0.3 is 5.11 Å². The third kappa shape index (κ3) is 6.34. The molecular weight excluding hydrogens is 204 g/mol. The fourth-order valence-corrected chi connectivity index (χ4v) is 1.73. The number of hydrogen-bond donors (Lipinski definition) is 2. The molecule has 0 rings (SSSR count). The minimum absolute atomic E-state index is 0.339. The number of hydrogen-bond acceptors (Lipinski definition) is 3. The van der Waals surface area contributed by atoms with Crippen molar-refractivity contribution < 1.29 is 18.1 Å². The molecule has 0 aromatic carbocycles. The van der Waals surface area contributed by atoms with Crippen LogP contribution in [0.2, 0.25) is 0 Å². The number of aliphatic hydroxyl groups is 1. The fraction of sp³-hybridized carbons (Fsp3) is 1.00. The molecule has 0 aromatic rings. The highest BCUT2D eigenvalue weighted by Crippen LogP contribution is 2.11. The first-order chi connectivity index (χ1) is 6.38. The lowest BCUT2D eigenvalue weighted by molar-refractivity contribution is 0.150. The molecule has 4 nitrogen and oxygen atoms in total. The van der Waals surface area contributed by atoms with Gasteiger partial charge in [0.15, 0.2) is 0 Å². The van der Waals surface area contributed by atoms with E-state index < -0.39 is 15.4 Å². The Balaban J connectivity index is 3.64. The minimum Gasteiger partial charge on any atom is -0.393 e. The Morgan fingerprint density at radius 1 is 1.21 bits per heavy atom. The first kappa shape index (κ1) is 13.9. The lowest BCUT2D eigenvalue weighted by Crippen LogP contribution is -2.17. The first-order valence-electron chi connectivity index (χ1n) is 5.02. The summed E-state index contributed by atoms with van der Waals surface area (Å²) in [7, 11) is -3.89. The monoisotopic (exact) mass is 224 g/mol. The second kappa shape index (κ2) is 6.37. The van der Waals surface area contributed by atoms with Crippen LogP contribution < -0.4 is 0 Å². The highest BCUT2D eigenvalue weighted by atomic mass is 32.2. The third-order valence-corrected chi connectivity index (χ3v) is 3.53. The summed E-state index contributed by atoms with van der Waals surface area (Å²) in [4.78, 5) is 0. The topological polar surface area (TPSA) is 74.6 Å². The van der Waals surface area contributed by atoms with E-state index in [-0.39, 0.29) is 6.10 Å². The molecule has 5 heteroatoms. The van der Waals surface area contributed by atoms with E-state index in [4.69, 9.17) is 4.55 Å². The fourth-order valence-electron chi connectivity index (χ4n) is 1.27. The van der Waals surface area contributed by atoms with Gasteiger partial charge in [0.25, 0.3) is 10.1 Å². The van der Waals surface area contributed by atoms with Crippen LogP contribution in [0.4, 0.5) is 0 Å². The standard InChI is InChI=1S/C9H20O4S/c1-3-5-9(10)7-4-6-8(2)14(11,12)13/h8-10H,3-7H2,1-2H3,(H,11,12,13). The molecule has 14 heavy (non-hydrogen) atoms. The zero-order chi connectivity index (χ0) is 11.2. The molecule has 0 aliphatic rings. The SMILES string of the molecule is CCCC(O)CCCC(C)S(=O)(=O)O. The smallest absolute Gasteiger partial charge is 0.267 e. The molecule has 0 spiro atoms. The van der Waals surface area contributed by atoms with Gasteiger partial charge in [-0.1, -0.05) is 13.3 Å². The van der Waals surface area contributed by atoms with Gasteiger partial charge in [-0.25, -0.2) is 0 Å². The Kier molecular flexibility index (Phi) is 6.31. The summed E-state index contributed by atoms with van der Waals surface area (Å²) in [6.07, 6.45) is 2.97. The van der Waals surface area contributed by atoms with Gasteiger partial charge in [0, 0.05) is 0 Å². The molecule has 0 saturated carbocycles. The van der Waals surface area contributed by atoms with Crippen LogP contribution in [0.3, 0.4) is 0 Å². The first-order valence-corrected chi connectivity index (χ1v) is 6.52. The predicted octanol–water partition coefficient (Wildman–Crippen LogP) is 1.59. The number of aliphatic hydroxyl groups excluding tert-OH is 1. The van der Waals surface area contributed by atoms with Crippen LogP contribution in [0.1, 0.15) is 46.0 Å². The summed E-state index contributed by atoms with van der Waals surface area (Å²) in [5.41, 5.74) is 0. The maximum absolute atomic E-state index is 10.6. The van der Waals surface area contributed by atoms with E-state index >= 15 is 0 Å². The Morgan fingerprint density at radius 2 is 1.79 bits per heavy atom. The summed E-state index contributed by atoms with van der Waals surface area (Å²) in [5.74, 6) is 0. The Morgan fingerprint density at radius 3 is 2.21 bits per heavy atom. The second-order valence-corrected chi connectivity index (χ2v) is 5.53. The summed E-state index contributed by atoms with van der Waals surface area (Å²) in [6, 6.07) is 0. The molecule has 0 radical (unpaired) electrons. The average Bonchev–Trinajstić information content (AvgIpc) is 2.02. The Labute approximate surface area is 86.1 Å². The van der Waals surface area contributed by atoms with E-state index in [9.17, 15) is 13.5 Å². The molecule has 0 aromatic heterocycles. The van der Waals surface area contributed by atoms with E-state index in [0.717, 1.165) is 12.8 Å². The predicted molar refractivity (Wildman–Crippen MR) is 55.8 cm³/mol. The van der Waals surface area contributed by atoms with E-state index in [2.05, 4.69) is 0 Å². The van der Waals surface area contributed by atoms with Crippen LogP contribution in [0, 0.1) is 0 Å². The maximum atomic E-state index is 10.6. The van der Waals surface area contributed by atoms with Crippen molar-refractivity contribution in [3.63, 3.8) is 0 Å². The van der Waals surface area contributed by atoms with E-state index in [1.165, 1.54) is 6.92 Å². The van der Waals surface area contributed by atoms with E-state index in [1.807, 2.05) is 6.92 Å². The summed E-state index contributed by atoms with van der Waals surface area (Å²) < 4.78 is 29.9. The molecule has 0 aliphatic heterocycles. The van der Waals surface area contributed by atoms with E-state index in [0.29, 0.717) is 19.3 Å². The van der Waals surface area contributed by atoms with Crippen LogP contribution in [0.5, 0.6) is 0 Å². The summed E-state index contributed by atoms with van der Waals surface area (Å²) in [5, 5.41) is 8.63. The molecule has 0 fully saturated rings.